The SMILES string of the molecule is CC(C)(C)c1nc(N)cc(Oc2ccc(Br)cc2F)n1. The number of aromatic nitrogens is 2. The lowest BCUT2D eigenvalue weighted by molar-refractivity contribution is 0.417. The number of nitrogens with zero attached hydrogens (tertiary/aromatic N) is 2. The summed E-state index contributed by atoms with van der Waals surface area (Å²) in [5, 5.41) is 0. The highest BCUT2D eigenvalue weighted by atomic mass is 79.9. The smallest absolute Gasteiger partial charge is 0.224 e. The van der Waals surface area contributed by atoms with E-state index in [-0.39, 0.29) is 22.9 Å². The first kappa shape index (κ1) is 14.7. The van der Waals surface area contributed by atoms with Crippen LogP contribution in [0.15, 0.2) is 28.7 Å². The maximum Gasteiger partial charge on any atom is 0.224 e. The van der Waals surface area contributed by atoms with Crippen LogP contribution in [0.4, 0.5) is 10.2 Å². The Bertz CT molecular complexity index is 641. The highest BCUT2D eigenvalue weighted by Gasteiger charge is 2.19. The lowest BCUT2D eigenvalue weighted by Gasteiger charge is -2.17. The number of nitrogens with two attached hydrogens (primary N) is 1. The quantitative estimate of drug-likeness (QED) is 0.896. The van der Waals surface area contributed by atoms with Gasteiger partial charge in [-0.3, -0.25) is 0 Å². The zero-order valence-electron chi connectivity index (χ0n) is 11.4. The van der Waals surface area contributed by atoms with Gasteiger partial charge in [0.1, 0.15) is 11.6 Å². The average Bonchev–Trinajstić information content (AvgIpc) is 2.31. The van der Waals surface area contributed by atoms with Crippen LogP contribution in [0.25, 0.3) is 0 Å². The third kappa shape index (κ3) is 3.45. The van der Waals surface area contributed by atoms with Gasteiger partial charge in [-0.1, -0.05) is 36.7 Å². The first-order valence-corrected chi connectivity index (χ1v) is 6.83. The second-order valence-corrected chi connectivity index (χ2v) is 6.30. The number of hydrogen-bond acceptors (Lipinski definition) is 4. The van der Waals surface area contributed by atoms with Crippen LogP contribution >= 0.6 is 15.9 Å². The summed E-state index contributed by atoms with van der Waals surface area (Å²) in [6.45, 7) is 5.89. The van der Waals surface area contributed by atoms with Crippen molar-refractivity contribution in [1.82, 2.24) is 9.97 Å². The molecule has 4 nitrogen and oxygen atoms in total. The molecule has 0 aliphatic rings. The van der Waals surface area contributed by atoms with E-state index in [1.165, 1.54) is 18.2 Å². The Morgan fingerprint density at radius 1 is 1.20 bits per heavy atom. The first-order chi connectivity index (χ1) is 9.25. The normalized spacial score (nSPS) is 11.4. The van der Waals surface area contributed by atoms with Crippen LogP contribution in [0.1, 0.15) is 26.6 Å². The molecule has 1 aromatic heterocycles. The Hall–Kier alpha value is -1.69. The van der Waals surface area contributed by atoms with E-state index >= 15 is 0 Å². The van der Waals surface area contributed by atoms with Gasteiger partial charge in [0.05, 0.1) is 0 Å². The van der Waals surface area contributed by atoms with E-state index < -0.39 is 5.82 Å². The molecule has 0 amide bonds. The summed E-state index contributed by atoms with van der Waals surface area (Å²) in [6.07, 6.45) is 0. The lowest BCUT2D eigenvalue weighted by Crippen LogP contribution is -2.17. The minimum Gasteiger partial charge on any atom is -0.436 e. The van der Waals surface area contributed by atoms with Crippen LogP contribution in [0.5, 0.6) is 11.6 Å². The van der Waals surface area contributed by atoms with Crippen LogP contribution in [0.3, 0.4) is 0 Å². The zero-order valence-corrected chi connectivity index (χ0v) is 13.0. The molecule has 0 saturated carbocycles. The lowest BCUT2D eigenvalue weighted by atomic mass is 9.96. The van der Waals surface area contributed by atoms with Gasteiger partial charge in [0.2, 0.25) is 5.88 Å². The van der Waals surface area contributed by atoms with Crippen LogP contribution in [-0.4, -0.2) is 9.97 Å². The second-order valence-electron chi connectivity index (χ2n) is 5.38. The van der Waals surface area contributed by atoms with E-state index in [0.29, 0.717) is 10.3 Å². The number of rotatable bonds is 2. The predicted octanol–water partition coefficient (Wildman–Crippen LogP) is 4.05. The van der Waals surface area contributed by atoms with Crippen molar-refractivity contribution >= 4 is 21.7 Å². The second kappa shape index (κ2) is 5.36. The molecule has 2 aromatic rings. The molecule has 1 heterocycles. The minimum absolute atomic E-state index is 0.0890. The zero-order chi connectivity index (χ0) is 14.9. The molecule has 0 saturated heterocycles. The Balaban J connectivity index is 2.36. The van der Waals surface area contributed by atoms with Gasteiger partial charge in [0.25, 0.3) is 0 Å². The van der Waals surface area contributed by atoms with Crippen molar-refractivity contribution in [1.29, 1.82) is 0 Å². The van der Waals surface area contributed by atoms with Crippen LogP contribution < -0.4 is 10.5 Å². The number of nitrogen functional groups attached to an aromatic ring is 1. The van der Waals surface area contributed by atoms with Crippen molar-refractivity contribution in [2.24, 2.45) is 0 Å². The Kier molecular flexibility index (Phi) is 3.94. The van der Waals surface area contributed by atoms with E-state index in [0.717, 1.165) is 0 Å². The molecule has 2 N–H and O–H groups in total. The molecule has 20 heavy (non-hydrogen) atoms. The molecule has 0 radical (unpaired) electrons. The topological polar surface area (TPSA) is 61.0 Å². The van der Waals surface area contributed by atoms with Gasteiger partial charge in [-0.05, 0) is 18.2 Å². The molecule has 0 fully saturated rings. The molecule has 0 aliphatic heterocycles. The molecule has 2 rings (SSSR count). The van der Waals surface area contributed by atoms with Gasteiger partial charge in [0, 0.05) is 16.0 Å². The van der Waals surface area contributed by atoms with Crippen molar-refractivity contribution in [2.45, 2.75) is 26.2 Å². The summed E-state index contributed by atoms with van der Waals surface area (Å²) >= 11 is 3.19. The van der Waals surface area contributed by atoms with Gasteiger partial charge in [-0.25, -0.2) is 9.37 Å². The van der Waals surface area contributed by atoms with Crippen molar-refractivity contribution in [2.75, 3.05) is 5.73 Å². The Labute approximate surface area is 125 Å². The highest BCUT2D eigenvalue weighted by molar-refractivity contribution is 9.10. The van der Waals surface area contributed by atoms with Gasteiger partial charge in [-0.2, -0.15) is 4.98 Å². The van der Waals surface area contributed by atoms with E-state index in [9.17, 15) is 4.39 Å². The molecule has 0 unspecified atom stereocenters. The fourth-order valence-electron chi connectivity index (χ4n) is 1.50. The van der Waals surface area contributed by atoms with Gasteiger partial charge in [0.15, 0.2) is 11.6 Å². The number of halogens is 2. The first-order valence-electron chi connectivity index (χ1n) is 6.03. The maximum atomic E-state index is 13.7. The highest BCUT2D eigenvalue weighted by Crippen LogP contribution is 2.28. The van der Waals surface area contributed by atoms with Crippen LogP contribution in [0.2, 0.25) is 0 Å². The summed E-state index contributed by atoms with van der Waals surface area (Å²) in [5.41, 5.74) is 5.47. The molecule has 0 atom stereocenters. The van der Waals surface area contributed by atoms with Gasteiger partial charge < -0.3 is 10.5 Å². The summed E-state index contributed by atoms with van der Waals surface area (Å²) in [4.78, 5) is 8.44. The third-order valence-corrected chi connectivity index (χ3v) is 2.99. The molecule has 6 heteroatoms. The number of hydrogen-bond donors (Lipinski definition) is 1. The molecular formula is C14H15BrFN3O. The molecule has 0 spiro atoms. The van der Waals surface area contributed by atoms with Crippen molar-refractivity contribution < 1.29 is 9.13 Å². The monoisotopic (exact) mass is 339 g/mol. The number of benzene rings is 1. The fourth-order valence-corrected chi connectivity index (χ4v) is 1.83. The summed E-state index contributed by atoms with van der Waals surface area (Å²) < 4.78 is 19.8. The van der Waals surface area contributed by atoms with Crippen LogP contribution in [-0.2, 0) is 5.41 Å². The molecule has 0 bridgehead atoms. The fraction of sp³-hybridized carbons (Fsp3) is 0.286. The average molecular weight is 340 g/mol. The summed E-state index contributed by atoms with van der Waals surface area (Å²) in [7, 11) is 0. The van der Waals surface area contributed by atoms with E-state index in [1.807, 2.05) is 20.8 Å². The maximum absolute atomic E-state index is 13.7. The van der Waals surface area contributed by atoms with E-state index in [2.05, 4.69) is 25.9 Å². The van der Waals surface area contributed by atoms with E-state index in [1.54, 1.807) is 6.07 Å². The van der Waals surface area contributed by atoms with Gasteiger partial charge in [-0.15, -0.1) is 0 Å². The number of anilines is 1. The van der Waals surface area contributed by atoms with Crippen LogP contribution in [0, 0.1) is 5.82 Å². The Morgan fingerprint density at radius 2 is 1.90 bits per heavy atom. The molecule has 0 aliphatic carbocycles. The molecule has 1 aromatic carbocycles. The van der Waals surface area contributed by atoms with Crippen molar-refractivity contribution in [3.63, 3.8) is 0 Å². The summed E-state index contributed by atoms with van der Waals surface area (Å²) in [6, 6.07) is 6.00. The largest absolute Gasteiger partial charge is 0.436 e. The number of ether oxygens (including phenoxy) is 1. The van der Waals surface area contributed by atoms with Gasteiger partial charge >= 0.3 is 0 Å². The molecular weight excluding hydrogens is 325 g/mol. The standard InChI is InChI=1S/C14H15BrFN3O/c1-14(2,3)13-18-11(17)7-12(19-13)20-10-5-4-8(15)6-9(10)16/h4-7H,1-3H3,(H2,17,18,19). The van der Waals surface area contributed by atoms with Crippen molar-refractivity contribution in [3.8, 4) is 11.6 Å². The Morgan fingerprint density at radius 3 is 2.50 bits per heavy atom. The van der Waals surface area contributed by atoms with E-state index in [4.69, 9.17) is 10.5 Å². The predicted molar refractivity (Wildman–Crippen MR) is 79.3 cm³/mol. The minimum atomic E-state index is -0.478. The molecule has 106 valence electrons. The van der Waals surface area contributed by atoms with Crippen molar-refractivity contribution in [3.05, 3.63) is 40.4 Å². The third-order valence-electron chi connectivity index (χ3n) is 2.50. The summed E-state index contributed by atoms with van der Waals surface area (Å²) in [5.74, 6) is 0.672.